The number of nitrogens with one attached hydrogen (secondary N) is 1. The SMILES string of the molecule is CC(C)C1CC=C(c2ccc3c(c2)CCC(=O)N3)CC1. The molecule has 1 aromatic carbocycles. The molecule has 1 aromatic rings. The number of allylic oxidation sites excluding steroid dienone is 2. The molecular formula is C18H23NO. The first-order chi connectivity index (χ1) is 9.63. The topological polar surface area (TPSA) is 29.1 Å². The number of carbonyl (C=O) groups excluding carboxylic acids is 1. The van der Waals surface area contributed by atoms with Crippen LogP contribution in [0.5, 0.6) is 0 Å². The molecule has 3 rings (SSSR count). The first-order valence-electron chi connectivity index (χ1n) is 7.75. The van der Waals surface area contributed by atoms with Crippen molar-refractivity contribution >= 4 is 17.2 Å². The van der Waals surface area contributed by atoms with Crippen LogP contribution in [0, 0.1) is 11.8 Å². The van der Waals surface area contributed by atoms with E-state index in [4.69, 9.17) is 0 Å². The lowest BCUT2D eigenvalue weighted by atomic mass is 9.80. The molecule has 106 valence electrons. The van der Waals surface area contributed by atoms with Gasteiger partial charge in [0.05, 0.1) is 0 Å². The van der Waals surface area contributed by atoms with Crippen molar-refractivity contribution in [2.45, 2.75) is 46.0 Å². The van der Waals surface area contributed by atoms with E-state index in [2.05, 4.69) is 43.4 Å². The lowest BCUT2D eigenvalue weighted by Gasteiger charge is -2.26. The van der Waals surface area contributed by atoms with Gasteiger partial charge in [0.15, 0.2) is 0 Å². The highest BCUT2D eigenvalue weighted by Gasteiger charge is 2.20. The van der Waals surface area contributed by atoms with E-state index in [0.29, 0.717) is 6.42 Å². The predicted octanol–water partition coefficient (Wildman–Crippen LogP) is 4.41. The lowest BCUT2D eigenvalue weighted by molar-refractivity contribution is -0.116. The smallest absolute Gasteiger partial charge is 0.224 e. The highest BCUT2D eigenvalue weighted by atomic mass is 16.1. The first kappa shape index (κ1) is 13.4. The Balaban J connectivity index is 1.80. The van der Waals surface area contributed by atoms with Crippen LogP contribution in [-0.4, -0.2) is 5.91 Å². The van der Waals surface area contributed by atoms with Gasteiger partial charge in [0.2, 0.25) is 5.91 Å². The van der Waals surface area contributed by atoms with Crippen LogP contribution in [0.15, 0.2) is 24.3 Å². The Hall–Kier alpha value is -1.57. The minimum Gasteiger partial charge on any atom is -0.326 e. The highest BCUT2D eigenvalue weighted by molar-refractivity contribution is 5.94. The lowest BCUT2D eigenvalue weighted by Crippen LogP contribution is -2.19. The summed E-state index contributed by atoms with van der Waals surface area (Å²) in [5, 5.41) is 2.95. The van der Waals surface area contributed by atoms with E-state index in [9.17, 15) is 4.79 Å². The molecule has 2 aliphatic rings. The maximum absolute atomic E-state index is 11.4. The number of amides is 1. The third kappa shape index (κ3) is 2.65. The van der Waals surface area contributed by atoms with E-state index in [-0.39, 0.29) is 5.91 Å². The van der Waals surface area contributed by atoms with Crippen molar-refractivity contribution in [1.82, 2.24) is 0 Å². The van der Waals surface area contributed by atoms with Gasteiger partial charge in [0, 0.05) is 12.1 Å². The van der Waals surface area contributed by atoms with E-state index >= 15 is 0 Å². The fourth-order valence-corrected chi connectivity index (χ4v) is 3.31. The molecule has 1 aliphatic carbocycles. The van der Waals surface area contributed by atoms with Crippen LogP contribution < -0.4 is 5.32 Å². The van der Waals surface area contributed by atoms with E-state index in [1.807, 2.05) is 0 Å². The van der Waals surface area contributed by atoms with Crippen LogP contribution in [0.4, 0.5) is 5.69 Å². The van der Waals surface area contributed by atoms with Gasteiger partial charge in [-0.25, -0.2) is 0 Å². The third-order valence-electron chi connectivity index (χ3n) is 4.77. The van der Waals surface area contributed by atoms with Crippen molar-refractivity contribution in [3.05, 3.63) is 35.4 Å². The summed E-state index contributed by atoms with van der Waals surface area (Å²) in [4.78, 5) is 11.4. The summed E-state index contributed by atoms with van der Waals surface area (Å²) in [6, 6.07) is 6.50. The van der Waals surface area contributed by atoms with Gasteiger partial charge in [-0.05, 0) is 66.4 Å². The molecule has 0 radical (unpaired) electrons. The number of benzene rings is 1. The zero-order chi connectivity index (χ0) is 14.1. The van der Waals surface area contributed by atoms with Crippen LogP contribution in [0.3, 0.4) is 0 Å². The molecule has 0 bridgehead atoms. The number of anilines is 1. The van der Waals surface area contributed by atoms with Crippen molar-refractivity contribution in [1.29, 1.82) is 0 Å². The average Bonchev–Trinajstić information content (AvgIpc) is 2.47. The highest BCUT2D eigenvalue weighted by Crippen LogP contribution is 2.35. The maximum Gasteiger partial charge on any atom is 0.224 e. The van der Waals surface area contributed by atoms with Gasteiger partial charge in [0.1, 0.15) is 0 Å². The molecule has 0 fully saturated rings. The zero-order valence-electron chi connectivity index (χ0n) is 12.4. The monoisotopic (exact) mass is 269 g/mol. The Kier molecular flexibility index (Phi) is 3.64. The Morgan fingerprint density at radius 2 is 2.05 bits per heavy atom. The normalized spacial score (nSPS) is 22.2. The summed E-state index contributed by atoms with van der Waals surface area (Å²) in [5.41, 5.74) is 5.12. The molecule has 0 spiro atoms. The molecule has 1 atom stereocenters. The van der Waals surface area contributed by atoms with Crippen LogP contribution in [0.1, 0.15) is 50.7 Å². The molecule has 1 aliphatic heterocycles. The number of hydrogen-bond acceptors (Lipinski definition) is 1. The summed E-state index contributed by atoms with van der Waals surface area (Å²) >= 11 is 0. The number of rotatable bonds is 2. The van der Waals surface area contributed by atoms with Crippen molar-refractivity contribution in [2.75, 3.05) is 5.32 Å². The molecule has 1 amide bonds. The minimum atomic E-state index is 0.141. The fourth-order valence-electron chi connectivity index (χ4n) is 3.31. The van der Waals surface area contributed by atoms with Crippen LogP contribution in [0.25, 0.3) is 5.57 Å². The molecule has 0 saturated carbocycles. The first-order valence-corrected chi connectivity index (χ1v) is 7.75. The summed E-state index contributed by atoms with van der Waals surface area (Å²) in [5.74, 6) is 1.77. The van der Waals surface area contributed by atoms with Crippen LogP contribution >= 0.6 is 0 Å². The Bertz CT molecular complexity index is 557. The molecule has 1 N–H and O–H groups in total. The molecule has 1 unspecified atom stereocenters. The summed E-state index contributed by atoms with van der Waals surface area (Å²) < 4.78 is 0. The zero-order valence-corrected chi connectivity index (χ0v) is 12.4. The standard InChI is InChI=1S/C18H23NO/c1-12(2)13-3-5-14(6-4-13)15-7-9-17-16(11-15)8-10-18(20)19-17/h5,7,9,11-13H,3-4,6,8,10H2,1-2H3,(H,19,20). The second-order valence-electron chi connectivity index (χ2n) is 6.43. The van der Waals surface area contributed by atoms with E-state index in [1.165, 1.54) is 36.0 Å². The fraction of sp³-hybridized carbons (Fsp3) is 0.500. The molecular weight excluding hydrogens is 246 g/mol. The van der Waals surface area contributed by atoms with Gasteiger partial charge in [0.25, 0.3) is 0 Å². The number of hydrogen-bond donors (Lipinski definition) is 1. The molecule has 0 aromatic heterocycles. The van der Waals surface area contributed by atoms with Crippen molar-refractivity contribution in [2.24, 2.45) is 11.8 Å². The molecule has 2 nitrogen and oxygen atoms in total. The number of aryl methyl sites for hydroxylation is 1. The van der Waals surface area contributed by atoms with E-state index < -0.39 is 0 Å². The van der Waals surface area contributed by atoms with Crippen molar-refractivity contribution in [3.63, 3.8) is 0 Å². The number of carbonyl (C=O) groups is 1. The Morgan fingerprint density at radius 1 is 1.20 bits per heavy atom. The predicted molar refractivity (Wildman–Crippen MR) is 83.5 cm³/mol. The second kappa shape index (κ2) is 5.43. The summed E-state index contributed by atoms with van der Waals surface area (Å²) in [6.07, 6.45) is 7.62. The Labute approximate surface area is 121 Å². The summed E-state index contributed by atoms with van der Waals surface area (Å²) in [7, 11) is 0. The van der Waals surface area contributed by atoms with Crippen molar-refractivity contribution < 1.29 is 4.79 Å². The van der Waals surface area contributed by atoms with Gasteiger partial charge < -0.3 is 5.32 Å². The molecule has 1 heterocycles. The van der Waals surface area contributed by atoms with Crippen LogP contribution in [0.2, 0.25) is 0 Å². The number of fused-ring (bicyclic) bond motifs is 1. The Morgan fingerprint density at radius 3 is 2.75 bits per heavy atom. The van der Waals surface area contributed by atoms with Gasteiger partial charge in [-0.3, -0.25) is 4.79 Å². The summed E-state index contributed by atoms with van der Waals surface area (Å²) in [6.45, 7) is 4.65. The van der Waals surface area contributed by atoms with Crippen LogP contribution in [-0.2, 0) is 11.2 Å². The van der Waals surface area contributed by atoms with Gasteiger partial charge in [-0.15, -0.1) is 0 Å². The maximum atomic E-state index is 11.4. The minimum absolute atomic E-state index is 0.141. The second-order valence-corrected chi connectivity index (χ2v) is 6.43. The van der Waals surface area contributed by atoms with E-state index in [1.54, 1.807) is 0 Å². The van der Waals surface area contributed by atoms with Gasteiger partial charge in [-0.1, -0.05) is 26.0 Å². The van der Waals surface area contributed by atoms with Gasteiger partial charge in [-0.2, -0.15) is 0 Å². The average molecular weight is 269 g/mol. The van der Waals surface area contributed by atoms with E-state index in [0.717, 1.165) is 23.9 Å². The molecule has 2 heteroatoms. The van der Waals surface area contributed by atoms with Crippen molar-refractivity contribution in [3.8, 4) is 0 Å². The molecule has 0 saturated heterocycles. The molecule has 20 heavy (non-hydrogen) atoms. The largest absolute Gasteiger partial charge is 0.326 e. The quantitative estimate of drug-likeness (QED) is 0.846. The van der Waals surface area contributed by atoms with Gasteiger partial charge >= 0.3 is 0 Å². The third-order valence-corrected chi connectivity index (χ3v) is 4.77.